The van der Waals surface area contributed by atoms with Gasteiger partial charge in [-0.1, -0.05) is 12.1 Å². The van der Waals surface area contributed by atoms with Gasteiger partial charge in [0, 0.05) is 6.07 Å². The summed E-state index contributed by atoms with van der Waals surface area (Å²) in [6.07, 6.45) is 1.39. The van der Waals surface area contributed by atoms with Crippen LogP contribution in [0.3, 0.4) is 0 Å². The number of carbonyl (C=O) groups is 2. The molecule has 1 aromatic heterocycles. The maximum atomic E-state index is 12.5. The first-order valence-corrected chi connectivity index (χ1v) is 10.7. The normalized spacial score (nSPS) is 10.8. The van der Waals surface area contributed by atoms with Gasteiger partial charge in [0.2, 0.25) is 0 Å². The summed E-state index contributed by atoms with van der Waals surface area (Å²) in [6.45, 7) is 3.68. The van der Waals surface area contributed by atoms with Crippen molar-refractivity contribution >= 4 is 39.7 Å². The molecule has 0 fully saturated rings. The maximum Gasteiger partial charge on any atom is 0.350 e. The zero-order valence-electron chi connectivity index (χ0n) is 18.4. The third-order valence-corrected chi connectivity index (χ3v) is 5.85. The van der Waals surface area contributed by atoms with Crippen LogP contribution in [0.5, 0.6) is 11.5 Å². The van der Waals surface area contributed by atoms with Gasteiger partial charge < -0.3 is 9.47 Å². The molecular weight excluding hydrogens is 510 g/mol. The van der Waals surface area contributed by atoms with Crippen LogP contribution in [0.2, 0.25) is 0 Å². The Morgan fingerprint density at radius 1 is 1.24 bits per heavy atom. The fourth-order valence-corrected chi connectivity index (χ4v) is 3.27. The van der Waals surface area contributed by atoms with E-state index in [1.807, 2.05) is 13.8 Å². The topological polar surface area (TPSA) is 138 Å². The highest BCUT2D eigenvalue weighted by Gasteiger charge is 2.22. The second-order valence-electron chi connectivity index (χ2n) is 7.01. The van der Waals surface area contributed by atoms with Crippen molar-refractivity contribution in [1.29, 1.82) is 0 Å². The predicted molar refractivity (Wildman–Crippen MR) is 126 cm³/mol. The zero-order valence-corrected chi connectivity index (χ0v) is 20.0. The molecule has 0 unspecified atom stereocenters. The van der Waals surface area contributed by atoms with Crippen molar-refractivity contribution in [3.8, 4) is 11.5 Å². The zero-order chi connectivity index (χ0) is 24.8. The van der Waals surface area contributed by atoms with Crippen molar-refractivity contribution in [3.05, 3.63) is 79.6 Å². The Hall–Kier alpha value is -4.06. The average Bonchev–Trinajstić information content (AvgIpc) is 3.06. The Morgan fingerprint density at radius 2 is 1.97 bits per heavy atom. The van der Waals surface area contributed by atoms with Gasteiger partial charge >= 0.3 is 5.97 Å². The third kappa shape index (κ3) is 5.64. The summed E-state index contributed by atoms with van der Waals surface area (Å²) in [5, 5.41) is 19.3. The first-order valence-electron chi connectivity index (χ1n) is 9.86. The number of nitrogens with one attached hydrogen (secondary N) is 1. The molecule has 3 aromatic rings. The highest BCUT2D eigenvalue weighted by atomic mass is 79.9. The molecule has 1 N–H and O–H groups in total. The summed E-state index contributed by atoms with van der Waals surface area (Å²) in [5.74, 6) is -0.983. The Morgan fingerprint density at radius 3 is 2.62 bits per heavy atom. The molecule has 11 nitrogen and oxygen atoms in total. The number of rotatable bonds is 8. The molecule has 0 aliphatic rings. The molecule has 0 atom stereocenters. The second kappa shape index (κ2) is 10.7. The number of aryl methyl sites for hydroxylation is 1. The van der Waals surface area contributed by atoms with Gasteiger partial charge in [0.05, 0.1) is 34.1 Å². The molecule has 0 spiro atoms. The van der Waals surface area contributed by atoms with E-state index >= 15 is 0 Å². The summed E-state index contributed by atoms with van der Waals surface area (Å²) >= 11 is 3.41. The molecule has 12 heteroatoms. The smallest absolute Gasteiger partial charge is 0.350 e. The maximum absolute atomic E-state index is 12.5. The SMILES string of the molecule is COc1cc(C=NNC(=O)Cn2nc(C)c(Br)c2C)ccc1OC(=O)c1ccccc1[N+](=O)[O-]. The van der Waals surface area contributed by atoms with E-state index in [9.17, 15) is 19.7 Å². The van der Waals surface area contributed by atoms with Crippen LogP contribution < -0.4 is 14.9 Å². The highest BCUT2D eigenvalue weighted by molar-refractivity contribution is 9.10. The van der Waals surface area contributed by atoms with Crippen LogP contribution in [-0.2, 0) is 11.3 Å². The molecule has 0 aliphatic heterocycles. The summed E-state index contributed by atoms with van der Waals surface area (Å²) in [5.41, 5.74) is 4.04. The number of amides is 1. The lowest BCUT2D eigenvalue weighted by Crippen LogP contribution is -2.24. The van der Waals surface area contributed by atoms with Crippen LogP contribution in [0.1, 0.15) is 27.3 Å². The number of nitro groups is 1. The van der Waals surface area contributed by atoms with Crippen LogP contribution >= 0.6 is 15.9 Å². The van der Waals surface area contributed by atoms with Gasteiger partial charge in [-0.2, -0.15) is 10.2 Å². The fraction of sp³-hybridized carbons (Fsp3) is 0.182. The van der Waals surface area contributed by atoms with Crippen molar-refractivity contribution in [2.24, 2.45) is 5.10 Å². The summed E-state index contributed by atoms with van der Waals surface area (Å²) in [6, 6.07) is 10.1. The molecule has 3 rings (SSSR count). The Balaban J connectivity index is 1.67. The van der Waals surface area contributed by atoms with E-state index in [0.29, 0.717) is 5.56 Å². The number of halogens is 1. The number of benzene rings is 2. The van der Waals surface area contributed by atoms with Crippen LogP contribution in [0.4, 0.5) is 5.69 Å². The molecule has 1 amide bonds. The number of hydrogen-bond donors (Lipinski definition) is 1. The van der Waals surface area contributed by atoms with Gasteiger partial charge in [-0.15, -0.1) is 0 Å². The monoisotopic (exact) mass is 529 g/mol. The molecule has 0 radical (unpaired) electrons. The minimum Gasteiger partial charge on any atom is -0.493 e. The third-order valence-electron chi connectivity index (χ3n) is 4.70. The van der Waals surface area contributed by atoms with Crippen molar-refractivity contribution < 1.29 is 24.0 Å². The largest absolute Gasteiger partial charge is 0.493 e. The number of esters is 1. The van der Waals surface area contributed by atoms with E-state index in [1.54, 1.807) is 10.7 Å². The molecule has 0 aliphatic carbocycles. The second-order valence-corrected chi connectivity index (χ2v) is 7.80. The molecule has 0 saturated heterocycles. The summed E-state index contributed by atoms with van der Waals surface area (Å²) in [7, 11) is 1.38. The lowest BCUT2D eigenvalue weighted by Gasteiger charge is -2.10. The van der Waals surface area contributed by atoms with Crippen molar-refractivity contribution in [2.75, 3.05) is 7.11 Å². The summed E-state index contributed by atoms with van der Waals surface area (Å²) < 4.78 is 13.0. The number of carbonyl (C=O) groups excluding carboxylic acids is 2. The standard InChI is InChI=1S/C22H20BrN5O6/c1-13-21(23)14(2)27(26-13)12-20(29)25-24-11-15-8-9-18(19(10-15)33-3)34-22(30)16-6-4-5-7-17(16)28(31)32/h4-11H,12H2,1-3H3,(H,25,29). The number of ether oxygens (including phenoxy) is 2. The first-order chi connectivity index (χ1) is 16.2. The summed E-state index contributed by atoms with van der Waals surface area (Å²) in [4.78, 5) is 35.1. The molecule has 176 valence electrons. The molecule has 34 heavy (non-hydrogen) atoms. The quantitative estimate of drug-likeness (QED) is 0.155. The molecule has 2 aromatic carbocycles. The van der Waals surface area contributed by atoms with Crippen molar-refractivity contribution in [2.45, 2.75) is 20.4 Å². The van der Waals surface area contributed by atoms with Gasteiger partial charge in [-0.3, -0.25) is 19.6 Å². The Kier molecular flexibility index (Phi) is 7.74. The highest BCUT2D eigenvalue weighted by Crippen LogP contribution is 2.29. The lowest BCUT2D eigenvalue weighted by molar-refractivity contribution is -0.385. The van der Waals surface area contributed by atoms with Crippen molar-refractivity contribution in [3.63, 3.8) is 0 Å². The Labute approximate surface area is 202 Å². The van der Waals surface area contributed by atoms with E-state index in [0.717, 1.165) is 15.9 Å². The van der Waals surface area contributed by atoms with Gasteiger partial charge in [-0.25, -0.2) is 10.2 Å². The van der Waals surface area contributed by atoms with Gasteiger partial charge in [0.15, 0.2) is 11.5 Å². The van der Waals surface area contributed by atoms with Crippen molar-refractivity contribution in [1.82, 2.24) is 15.2 Å². The number of hydrazone groups is 1. The van der Waals surface area contributed by atoms with Crippen LogP contribution in [-0.4, -0.2) is 39.9 Å². The predicted octanol–water partition coefficient (Wildman–Crippen LogP) is 3.55. The molecule has 1 heterocycles. The van der Waals surface area contributed by atoms with E-state index in [2.05, 4.69) is 31.6 Å². The lowest BCUT2D eigenvalue weighted by atomic mass is 10.2. The van der Waals surface area contributed by atoms with E-state index in [1.165, 1.54) is 49.7 Å². The number of para-hydroxylation sites is 1. The van der Waals surface area contributed by atoms with Crippen LogP contribution in [0.15, 0.2) is 52.0 Å². The first kappa shape index (κ1) is 24.6. The van der Waals surface area contributed by atoms with E-state index in [-0.39, 0.29) is 35.2 Å². The van der Waals surface area contributed by atoms with Gasteiger partial charge in [0.25, 0.3) is 11.6 Å². The average molecular weight is 530 g/mol. The van der Waals surface area contributed by atoms with E-state index in [4.69, 9.17) is 9.47 Å². The van der Waals surface area contributed by atoms with Crippen LogP contribution in [0, 0.1) is 24.0 Å². The number of nitrogens with zero attached hydrogens (tertiary/aromatic N) is 4. The molecule has 0 bridgehead atoms. The van der Waals surface area contributed by atoms with E-state index < -0.39 is 10.9 Å². The number of methoxy groups -OCH3 is 1. The minimum absolute atomic E-state index is 0.000549. The number of nitro benzene ring substituents is 1. The van der Waals surface area contributed by atoms with Gasteiger partial charge in [-0.05, 0) is 59.6 Å². The molecular formula is C22H20BrN5O6. The number of hydrogen-bond acceptors (Lipinski definition) is 8. The fourth-order valence-electron chi connectivity index (χ4n) is 2.99. The van der Waals surface area contributed by atoms with Crippen LogP contribution in [0.25, 0.3) is 0 Å². The molecule has 0 saturated carbocycles. The number of aromatic nitrogens is 2. The minimum atomic E-state index is -0.893. The Bertz CT molecular complexity index is 1290. The van der Waals surface area contributed by atoms with Gasteiger partial charge in [0.1, 0.15) is 12.1 Å².